The molecular formula is C14H17NO4S. The van der Waals surface area contributed by atoms with E-state index in [1.54, 1.807) is 25.3 Å². The molecule has 0 aliphatic rings. The summed E-state index contributed by atoms with van der Waals surface area (Å²) in [6.07, 6.45) is 0.402. The molecule has 1 amide bonds. The Morgan fingerprint density at radius 2 is 2.30 bits per heavy atom. The molecule has 2 N–H and O–H groups in total. The van der Waals surface area contributed by atoms with Crippen LogP contribution in [-0.2, 0) is 9.53 Å². The molecule has 0 radical (unpaired) electrons. The Balaban J connectivity index is 2.60. The zero-order valence-corrected chi connectivity index (χ0v) is 12.3. The summed E-state index contributed by atoms with van der Waals surface area (Å²) >= 11 is 1.34. The Labute approximate surface area is 122 Å². The van der Waals surface area contributed by atoms with E-state index in [0.29, 0.717) is 12.0 Å². The third-order valence-electron chi connectivity index (χ3n) is 2.30. The molecule has 6 heteroatoms. The van der Waals surface area contributed by atoms with E-state index in [-0.39, 0.29) is 19.1 Å². The molecule has 108 valence electrons. The van der Waals surface area contributed by atoms with Crippen LogP contribution in [-0.4, -0.2) is 36.2 Å². The second kappa shape index (κ2) is 8.35. The first kappa shape index (κ1) is 16.2. The van der Waals surface area contributed by atoms with Crippen molar-refractivity contribution in [2.75, 3.05) is 13.2 Å². The van der Waals surface area contributed by atoms with Crippen molar-refractivity contribution in [1.29, 1.82) is 0 Å². The van der Waals surface area contributed by atoms with Crippen LogP contribution in [0.3, 0.4) is 0 Å². The fourth-order valence-corrected chi connectivity index (χ4v) is 2.09. The number of carbonyl (C=O) groups excluding carboxylic acids is 2. The van der Waals surface area contributed by atoms with Crippen LogP contribution in [0.25, 0.3) is 0 Å². The monoisotopic (exact) mass is 295 g/mol. The van der Waals surface area contributed by atoms with E-state index in [4.69, 9.17) is 9.84 Å². The van der Waals surface area contributed by atoms with Gasteiger partial charge in [0.25, 0.3) is 5.91 Å². The van der Waals surface area contributed by atoms with E-state index in [1.165, 1.54) is 11.3 Å². The van der Waals surface area contributed by atoms with Gasteiger partial charge >= 0.3 is 5.97 Å². The smallest absolute Gasteiger partial charge is 0.328 e. The SMILES string of the molecule is CCOC(=O)C(C)NC(=O)c1csc(C#CCCO)c1. The van der Waals surface area contributed by atoms with Crippen LogP contribution in [0.1, 0.15) is 35.5 Å². The Hall–Kier alpha value is -1.84. The van der Waals surface area contributed by atoms with Gasteiger partial charge in [-0.3, -0.25) is 4.79 Å². The summed E-state index contributed by atoms with van der Waals surface area (Å²) in [5, 5.41) is 12.9. The zero-order valence-electron chi connectivity index (χ0n) is 11.4. The number of rotatable bonds is 5. The van der Waals surface area contributed by atoms with Crippen LogP contribution in [0.2, 0.25) is 0 Å². The van der Waals surface area contributed by atoms with Gasteiger partial charge in [-0.2, -0.15) is 0 Å². The lowest BCUT2D eigenvalue weighted by molar-refractivity contribution is -0.144. The number of aliphatic hydroxyl groups excluding tert-OH is 1. The predicted molar refractivity (Wildman–Crippen MR) is 76.5 cm³/mol. The molecule has 0 aromatic carbocycles. The molecule has 0 spiro atoms. The maximum Gasteiger partial charge on any atom is 0.328 e. The second-order valence-corrected chi connectivity index (χ2v) is 4.83. The highest BCUT2D eigenvalue weighted by Crippen LogP contribution is 2.13. The molecule has 0 bridgehead atoms. The van der Waals surface area contributed by atoms with E-state index < -0.39 is 12.0 Å². The average Bonchev–Trinajstić information content (AvgIpc) is 2.88. The van der Waals surface area contributed by atoms with Crippen molar-refractivity contribution >= 4 is 23.2 Å². The summed E-state index contributed by atoms with van der Waals surface area (Å²) in [7, 11) is 0. The molecule has 1 aromatic heterocycles. The number of thiophene rings is 1. The van der Waals surface area contributed by atoms with Crippen LogP contribution >= 0.6 is 11.3 Å². The van der Waals surface area contributed by atoms with Gasteiger partial charge < -0.3 is 15.2 Å². The summed E-state index contributed by atoms with van der Waals surface area (Å²) in [5.74, 6) is 4.84. The van der Waals surface area contributed by atoms with Crippen LogP contribution in [0.5, 0.6) is 0 Å². The number of hydrogen-bond donors (Lipinski definition) is 2. The van der Waals surface area contributed by atoms with Gasteiger partial charge in [-0.05, 0) is 19.9 Å². The Bertz CT molecular complexity index is 527. The highest BCUT2D eigenvalue weighted by atomic mass is 32.1. The Morgan fingerprint density at radius 1 is 1.55 bits per heavy atom. The predicted octanol–water partition coefficient (Wildman–Crippen LogP) is 1.16. The van der Waals surface area contributed by atoms with Crippen molar-refractivity contribution in [3.63, 3.8) is 0 Å². The van der Waals surface area contributed by atoms with E-state index in [1.807, 2.05) is 0 Å². The maximum absolute atomic E-state index is 11.9. The summed E-state index contributed by atoms with van der Waals surface area (Å²) in [5.41, 5.74) is 0.458. The average molecular weight is 295 g/mol. The van der Waals surface area contributed by atoms with Gasteiger partial charge in [-0.25, -0.2) is 4.79 Å². The largest absolute Gasteiger partial charge is 0.464 e. The minimum Gasteiger partial charge on any atom is -0.464 e. The molecule has 1 rings (SSSR count). The minimum absolute atomic E-state index is 0.0166. The van der Waals surface area contributed by atoms with Gasteiger partial charge in [-0.1, -0.05) is 11.8 Å². The number of hydrogen-bond acceptors (Lipinski definition) is 5. The van der Waals surface area contributed by atoms with Crippen LogP contribution in [0.4, 0.5) is 0 Å². The fraction of sp³-hybridized carbons (Fsp3) is 0.429. The normalized spacial score (nSPS) is 11.2. The molecular weight excluding hydrogens is 278 g/mol. The number of esters is 1. The molecule has 0 aliphatic carbocycles. The maximum atomic E-state index is 11.9. The molecule has 0 saturated carbocycles. The van der Waals surface area contributed by atoms with Crippen molar-refractivity contribution < 1.29 is 19.4 Å². The van der Waals surface area contributed by atoms with Crippen LogP contribution < -0.4 is 5.32 Å². The van der Waals surface area contributed by atoms with Crippen molar-refractivity contribution in [2.24, 2.45) is 0 Å². The lowest BCUT2D eigenvalue weighted by Crippen LogP contribution is -2.39. The third kappa shape index (κ3) is 5.03. The quantitative estimate of drug-likeness (QED) is 0.631. The first-order chi connectivity index (χ1) is 9.58. The molecule has 0 aliphatic heterocycles. The van der Waals surface area contributed by atoms with Crippen molar-refractivity contribution in [3.8, 4) is 11.8 Å². The number of ether oxygens (including phenoxy) is 1. The zero-order chi connectivity index (χ0) is 15.0. The molecule has 1 atom stereocenters. The van der Waals surface area contributed by atoms with Gasteiger partial charge in [0.1, 0.15) is 6.04 Å². The van der Waals surface area contributed by atoms with Crippen molar-refractivity contribution in [1.82, 2.24) is 5.32 Å². The van der Waals surface area contributed by atoms with Gasteiger partial charge in [-0.15, -0.1) is 11.3 Å². The van der Waals surface area contributed by atoms with E-state index in [9.17, 15) is 9.59 Å². The molecule has 1 aromatic rings. The van der Waals surface area contributed by atoms with Crippen molar-refractivity contribution in [3.05, 3.63) is 21.9 Å². The summed E-state index contributed by atoms with van der Waals surface area (Å²) in [6.45, 7) is 3.58. The third-order valence-corrected chi connectivity index (χ3v) is 3.14. The topological polar surface area (TPSA) is 75.6 Å². The number of amides is 1. The number of carbonyl (C=O) groups is 2. The molecule has 20 heavy (non-hydrogen) atoms. The molecule has 1 heterocycles. The van der Waals surface area contributed by atoms with Gasteiger partial charge in [0.2, 0.25) is 0 Å². The van der Waals surface area contributed by atoms with Gasteiger partial charge in [0.15, 0.2) is 0 Å². The first-order valence-electron chi connectivity index (χ1n) is 6.24. The molecule has 0 fully saturated rings. The van der Waals surface area contributed by atoms with Crippen LogP contribution in [0.15, 0.2) is 11.4 Å². The number of aliphatic hydroxyl groups is 1. The summed E-state index contributed by atoms with van der Waals surface area (Å²) in [4.78, 5) is 24.1. The van der Waals surface area contributed by atoms with E-state index in [2.05, 4.69) is 17.2 Å². The van der Waals surface area contributed by atoms with Gasteiger partial charge in [0.05, 0.1) is 23.7 Å². The van der Waals surface area contributed by atoms with Crippen molar-refractivity contribution in [2.45, 2.75) is 26.3 Å². The molecule has 5 nitrogen and oxygen atoms in total. The van der Waals surface area contributed by atoms with E-state index in [0.717, 1.165) is 4.88 Å². The lowest BCUT2D eigenvalue weighted by atomic mass is 10.2. The summed E-state index contributed by atoms with van der Waals surface area (Å²) in [6, 6.07) is 0.966. The Kier molecular flexibility index (Phi) is 6.77. The highest BCUT2D eigenvalue weighted by molar-refractivity contribution is 7.10. The number of nitrogens with one attached hydrogen (secondary N) is 1. The standard InChI is InChI=1S/C14H17NO4S/c1-3-19-14(18)10(2)15-13(17)11-8-12(20-9-11)6-4-5-7-16/h8-10,16H,3,5,7H2,1-2H3,(H,15,17). The first-order valence-corrected chi connectivity index (χ1v) is 7.12. The van der Waals surface area contributed by atoms with Gasteiger partial charge in [0, 0.05) is 11.8 Å². The molecule has 1 unspecified atom stereocenters. The van der Waals surface area contributed by atoms with Crippen LogP contribution in [0, 0.1) is 11.8 Å². The second-order valence-electron chi connectivity index (χ2n) is 3.92. The lowest BCUT2D eigenvalue weighted by Gasteiger charge is -2.11. The Morgan fingerprint density at radius 3 is 2.95 bits per heavy atom. The van der Waals surface area contributed by atoms with E-state index >= 15 is 0 Å². The summed E-state index contributed by atoms with van der Waals surface area (Å²) < 4.78 is 4.81. The molecule has 0 saturated heterocycles. The fourth-order valence-electron chi connectivity index (χ4n) is 1.33. The minimum atomic E-state index is -0.689. The highest BCUT2D eigenvalue weighted by Gasteiger charge is 2.18.